The number of halogens is 2. The Kier molecular flexibility index (Phi) is 4.54. The van der Waals surface area contributed by atoms with Crippen molar-refractivity contribution >= 4 is 31.9 Å². The molecule has 1 aromatic carbocycles. The van der Waals surface area contributed by atoms with Crippen molar-refractivity contribution in [1.82, 2.24) is 4.98 Å². The third-order valence-corrected chi connectivity index (χ3v) is 4.39. The quantitative estimate of drug-likeness (QED) is 0.882. The van der Waals surface area contributed by atoms with Crippen LogP contribution in [0.15, 0.2) is 45.5 Å². The summed E-state index contributed by atoms with van der Waals surface area (Å²) in [5.74, 6) is 0. The van der Waals surface area contributed by atoms with Crippen LogP contribution in [-0.2, 0) is 6.42 Å². The van der Waals surface area contributed by atoms with E-state index in [0.29, 0.717) is 0 Å². The van der Waals surface area contributed by atoms with Crippen molar-refractivity contribution in [2.24, 2.45) is 5.73 Å². The molecule has 4 heteroatoms. The first kappa shape index (κ1) is 13.7. The Morgan fingerprint density at radius 3 is 2.67 bits per heavy atom. The van der Waals surface area contributed by atoms with Gasteiger partial charge in [0.15, 0.2) is 0 Å². The molecule has 0 aliphatic heterocycles. The molecule has 2 nitrogen and oxygen atoms in total. The van der Waals surface area contributed by atoms with E-state index in [1.165, 1.54) is 5.56 Å². The van der Waals surface area contributed by atoms with Crippen molar-refractivity contribution in [3.8, 4) is 0 Å². The molecule has 1 atom stereocenters. The molecule has 0 bridgehead atoms. The second-order valence-corrected chi connectivity index (χ2v) is 5.97. The van der Waals surface area contributed by atoms with Crippen molar-refractivity contribution in [2.75, 3.05) is 0 Å². The van der Waals surface area contributed by atoms with Gasteiger partial charge in [-0.3, -0.25) is 4.98 Å². The molecule has 0 amide bonds. The van der Waals surface area contributed by atoms with E-state index in [1.54, 1.807) is 6.20 Å². The van der Waals surface area contributed by atoms with Gasteiger partial charge in [-0.25, -0.2) is 0 Å². The van der Waals surface area contributed by atoms with Crippen molar-refractivity contribution in [3.63, 3.8) is 0 Å². The third kappa shape index (κ3) is 3.19. The molecular weight excluding hydrogens is 356 g/mol. The molecule has 0 aliphatic carbocycles. The van der Waals surface area contributed by atoms with Crippen molar-refractivity contribution in [2.45, 2.75) is 19.4 Å². The molecule has 0 spiro atoms. The molecule has 2 rings (SSSR count). The van der Waals surface area contributed by atoms with Gasteiger partial charge in [0.25, 0.3) is 0 Å². The first-order valence-electron chi connectivity index (χ1n) is 5.69. The molecule has 0 saturated carbocycles. The molecule has 94 valence electrons. The number of aryl methyl sites for hydroxylation is 1. The van der Waals surface area contributed by atoms with Gasteiger partial charge >= 0.3 is 0 Å². The summed E-state index contributed by atoms with van der Waals surface area (Å²) in [5, 5.41) is 0. The maximum atomic E-state index is 6.25. The molecule has 0 fully saturated rings. The van der Waals surface area contributed by atoms with Gasteiger partial charge in [0.2, 0.25) is 0 Å². The molecule has 1 aromatic heterocycles. The van der Waals surface area contributed by atoms with Gasteiger partial charge in [-0.15, -0.1) is 0 Å². The molecule has 0 radical (unpaired) electrons. The summed E-state index contributed by atoms with van der Waals surface area (Å²) in [7, 11) is 0. The highest BCUT2D eigenvalue weighted by atomic mass is 79.9. The van der Waals surface area contributed by atoms with Crippen molar-refractivity contribution in [1.29, 1.82) is 0 Å². The molecule has 1 unspecified atom stereocenters. The molecule has 0 aliphatic rings. The second-order valence-electron chi connectivity index (χ2n) is 4.26. The maximum Gasteiger partial charge on any atom is 0.0423 e. The van der Waals surface area contributed by atoms with Gasteiger partial charge in [-0.1, -0.05) is 34.1 Å². The number of aromatic nitrogens is 1. The van der Waals surface area contributed by atoms with Gasteiger partial charge in [0, 0.05) is 33.3 Å². The van der Waals surface area contributed by atoms with Crippen LogP contribution in [-0.4, -0.2) is 4.98 Å². The number of nitrogens with two attached hydrogens (primary N) is 1. The highest BCUT2D eigenvalue weighted by Gasteiger charge is 2.12. The summed E-state index contributed by atoms with van der Waals surface area (Å²) in [6, 6.07) is 10.1. The Morgan fingerprint density at radius 2 is 2.00 bits per heavy atom. The molecule has 1 heterocycles. The Labute approximate surface area is 124 Å². The van der Waals surface area contributed by atoms with Gasteiger partial charge in [0.1, 0.15) is 0 Å². The summed E-state index contributed by atoms with van der Waals surface area (Å²) in [6.07, 6.45) is 2.53. The summed E-state index contributed by atoms with van der Waals surface area (Å²) in [4.78, 5) is 4.35. The minimum atomic E-state index is -0.0482. The van der Waals surface area contributed by atoms with Gasteiger partial charge in [-0.2, -0.15) is 0 Å². The second kappa shape index (κ2) is 5.95. The minimum absolute atomic E-state index is 0.0482. The van der Waals surface area contributed by atoms with E-state index < -0.39 is 0 Å². The number of nitrogens with zero attached hydrogens (tertiary/aromatic N) is 1. The zero-order chi connectivity index (χ0) is 13.1. The zero-order valence-corrected chi connectivity index (χ0v) is 13.2. The predicted octanol–water partition coefficient (Wildman–Crippen LogP) is 4.16. The molecule has 2 aromatic rings. The van der Waals surface area contributed by atoms with Crippen molar-refractivity contribution < 1.29 is 0 Å². The average Bonchev–Trinajstić information content (AvgIpc) is 2.35. The number of hydrogen-bond donors (Lipinski definition) is 1. The lowest BCUT2D eigenvalue weighted by atomic mass is 10.0. The van der Waals surface area contributed by atoms with E-state index in [1.807, 2.05) is 18.2 Å². The SMILES string of the molecule is Cc1cccc(C(N)Cc2ccc(Br)cn2)c1Br. The van der Waals surface area contributed by atoms with Crippen molar-refractivity contribution in [3.05, 3.63) is 62.3 Å². The summed E-state index contributed by atoms with van der Waals surface area (Å²) >= 11 is 6.97. The van der Waals surface area contributed by atoms with E-state index in [0.717, 1.165) is 26.6 Å². The Bertz CT molecular complexity index is 538. The Morgan fingerprint density at radius 1 is 1.22 bits per heavy atom. The van der Waals surface area contributed by atoms with Crippen LogP contribution in [0.5, 0.6) is 0 Å². The summed E-state index contributed by atoms with van der Waals surface area (Å²) in [6.45, 7) is 2.07. The number of benzene rings is 1. The van der Waals surface area contributed by atoms with Crippen LogP contribution in [0.1, 0.15) is 22.9 Å². The first-order chi connectivity index (χ1) is 8.58. The van der Waals surface area contributed by atoms with Gasteiger partial charge in [-0.05, 0) is 46.1 Å². The topological polar surface area (TPSA) is 38.9 Å². The van der Waals surface area contributed by atoms with Crippen LogP contribution in [0.3, 0.4) is 0 Å². The molecule has 18 heavy (non-hydrogen) atoms. The molecule has 0 saturated heterocycles. The smallest absolute Gasteiger partial charge is 0.0423 e. The zero-order valence-electron chi connectivity index (χ0n) is 10.0. The normalized spacial score (nSPS) is 12.4. The fourth-order valence-corrected chi connectivity index (χ4v) is 2.61. The fraction of sp³-hybridized carbons (Fsp3) is 0.214. The lowest BCUT2D eigenvalue weighted by Gasteiger charge is -2.15. The largest absolute Gasteiger partial charge is 0.324 e. The predicted molar refractivity (Wildman–Crippen MR) is 81.4 cm³/mol. The van der Waals surface area contributed by atoms with E-state index in [9.17, 15) is 0 Å². The van der Waals surface area contributed by atoms with E-state index in [4.69, 9.17) is 5.73 Å². The standard InChI is InChI=1S/C14H14Br2N2/c1-9-3-2-4-12(14(9)16)13(17)7-11-6-5-10(15)8-18-11/h2-6,8,13H,7,17H2,1H3. The average molecular weight is 370 g/mol. The number of rotatable bonds is 3. The van der Waals surface area contributed by atoms with Gasteiger partial charge < -0.3 is 5.73 Å². The van der Waals surface area contributed by atoms with Crippen LogP contribution in [0, 0.1) is 6.92 Å². The van der Waals surface area contributed by atoms with E-state index >= 15 is 0 Å². The van der Waals surface area contributed by atoms with Crippen LogP contribution in [0.2, 0.25) is 0 Å². The molecule has 2 N–H and O–H groups in total. The van der Waals surface area contributed by atoms with Crippen LogP contribution < -0.4 is 5.73 Å². The van der Waals surface area contributed by atoms with Crippen LogP contribution >= 0.6 is 31.9 Å². The Balaban J connectivity index is 2.19. The highest BCUT2D eigenvalue weighted by molar-refractivity contribution is 9.10. The number of pyridine rings is 1. The lowest BCUT2D eigenvalue weighted by Crippen LogP contribution is -2.15. The maximum absolute atomic E-state index is 6.25. The lowest BCUT2D eigenvalue weighted by molar-refractivity contribution is 0.702. The summed E-state index contributed by atoms with van der Waals surface area (Å²) < 4.78 is 2.08. The van der Waals surface area contributed by atoms with Crippen LogP contribution in [0.4, 0.5) is 0 Å². The van der Waals surface area contributed by atoms with Crippen LogP contribution in [0.25, 0.3) is 0 Å². The first-order valence-corrected chi connectivity index (χ1v) is 7.27. The summed E-state index contributed by atoms with van der Waals surface area (Å²) in [5.41, 5.74) is 9.58. The molecular formula is C14H14Br2N2. The van der Waals surface area contributed by atoms with Gasteiger partial charge in [0.05, 0.1) is 0 Å². The third-order valence-electron chi connectivity index (χ3n) is 2.84. The fourth-order valence-electron chi connectivity index (χ4n) is 1.82. The van der Waals surface area contributed by atoms with E-state index in [2.05, 4.69) is 55.9 Å². The monoisotopic (exact) mass is 368 g/mol. The highest BCUT2D eigenvalue weighted by Crippen LogP contribution is 2.27. The number of hydrogen-bond acceptors (Lipinski definition) is 2. The van der Waals surface area contributed by atoms with E-state index in [-0.39, 0.29) is 6.04 Å². The minimum Gasteiger partial charge on any atom is -0.324 e. The Hall–Kier alpha value is -0.710.